The molecule has 0 unspecified atom stereocenters. The van der Waals surface area contributed by atoms with Gasteiger partial charge in [-0.05, 0) is 34.4 Å². The zero-order chi connectivity index (χ0) is 34.9. The molecule has 4 heteroatoms. The highest BCUT2D eigenvalue weighted by atomic mass is 32.1. The minimum Gasteiger partial charge on any atom is -0.455 e. The molecule has 248 valence electrons. The molecule has 53 heavy (non-hydrogen) atoms. The van der Waals surface area contributed by atoms with Crippen LogP contribution in [0, 0.1) is 0 Å². The van der Waals surface area contributed by atoms with Gasteiger partial charge in [0.2, 0.25) is 0 Å². The van der Waals surface area contributed by atoms with E-state index in [1.807, 2.05) is 24.3 Å². The maximum atomic E-state index is 6.36. The van der Waals surface area contributed by atoms with E-state index in [9.17, 15) is 0 Å². The summed E-state index contributed by atoms with van der Waals surface area (Å²) in [5.41, 5.74) is 14.8. The van der Waals surface area contributed by atoms with Crippen LogP contribution < -0.4 is 0 Å². The molecule has 11 rings (SSSR count). The van der Waals surface area contributed by atoms with E-state index in [0.717, 1.165) is 98.9 Å². The Kier molecular flexibility index (Phi) is 6.73. The fraction of sp³-hybridized carbons (Fsp3) is 0. The first kappa shape index (κ1) is 29.9. The fourth-order valence-electron chi connectivity index (χ4n) is 7.78. The van der Waals surface area contributed by atoms with Crippen LogP contribution in [0.1, 0.15) is 0 Å². The first-order valence-corrected chi connectivity index (χ1v) is 18.6. The van der Waals surface area contributed by atoms with E-state index >= 15 is 0 Å². The van der Waals surface area contributed by atoms with Crippen LogP contribution in [0.5, 0.6) is 0 Å². The lowest BCUT2D eigenvalue weighted by Crippen LogP contribution is -1.86. The molecule has 0 fully saturated rings. The highest BCUT2D eigenvalue weighted by Crippen LogP contribution is 2.43. The first-order valence-electron chi connectivity index (χ1n) is 17.8. The van der Waals surface area contributed by atoms with Crippen molar-refractivity contribution < 1.29 is 8.83 Å². The zero-order valence-corrected chi connectivity index (χ0v) is 29.2. The standard InChI is InChI=1S/C49H29NO2S/c1-2-10-34(11-3-1)49-50-45-35(30-20-22-31(23-21-30)36-14-8-16-41-39-12-4-6-18-43(39)51-46(36)41)28-29-38(48(45)53-49)33-26-24-32(25-27-33)37-15-9-17-42-40-13-5-7-19-44(40)52-47(37)42/h1-29H. The second-order valence-corrected chi connectivity index (χ2v) is 14.4. The Morgan fingerprint density at radius 3 is 1.36 bits per heavy atom. The summed E-state index contributed by atoms with van der Waals surface area (Å²) in [5, 5.41) is 5.56. The van der Waals surface area contributed by atoms with Crippen molar-refractivity contribution in [1.82, 2.24) is 4.98 Å². The predicted molar refractivity (Wildman–Crippen MR) is 221 cm³/mol. The van der Waals surface area contributed by atoms with Gasteiger partial charge in [-0.2, -0.15) is 0 Å². The molecular formula is C49H29NO2S. The highest BCUT2D eigenvalue weighted by Gasteiger charge is 2.18. The van der Waals surface area contributed by atoms with E-state index < -0.39 is 0 Å². The highest BCUT2D eigenvalue weighted by molar-refractivity contribution is 7.22. The molecule has 0 aliphatic carbocycles. The maximum absolute atomic E-state index is 6.36. The Balaban J connectivity index is 1.00. The molecule has 0 atom stereocenters. The van der Waals surface area contributed by atoms with Gasteiger partial charge in [0, 0.05) is 49.4 Å². The second-order valence-electron chi connectivity index (χ2n) is 13.4. The summed E-state index contributed by atoms with van der Waals surface area (Å²) in [6.45, 7) is 0. The molecule has 0 amide bonds. The van der Waals surface area contributed by atoms with E-state index in [0.29, 0.717) is 0 Å². The van der Waals surface area contributed by atoms with Crippen LogP contribution in [-0.2, 0) is 0 Å². The normalized spacial score (nSPS) is 11.8. The Morgan fingerprint density at radius 2 is 0.792 bits per heavy atom. The predicted octanol–water partition coefficient (Wildman–Crippen LogP) is 14.4. The lowest BCUT2D eigenvalue weighted by molar-refractivity contribution is 0.669. The molecule has 3 aromatic heterocycles. The third kappa shape index (κ3) is 4.84. The van der Waals surface area contributed by atoms with E-state index in [1.54, 1.807) is 11.3 Å². The number of aromatic nitrogens is 1. The van der Waals surface area contributed by atoms with Gasteiger partial charge < -0.3 is 8.83 Å². The third-order valence-electron chi connectivity index (χ3n) is 10.4. The van der Waals surface area contributed by atoms with E-state index in [1.165, 1.54) is 10.3 Å². The van der Waals surface area contributed by atoms with Gasteiger partial charge in [-0.15, -0.1) is 11.3 Å². The van der Waals surface area contributed by atoms with Gasteiger partial charge in [0.1, 0.15) is 27.3 Å². The summed E-state index contributed by atoms with van der Waals surface area (Å²) >= 11 is 1.75. The molecule has 0 radical (unpaired) electrons. The third-order valence-corrected chi connectivity index (χ3v) is 11.5. The number of rotatable bonds is 5. The Bertz CT molecular complexity index is 2950. The average molecular weight is 696 g/mol. The topological polar surface area (TPSA) is 39.2 Å². The summed E-state index contributed by atoms with van der Waals surface area (Å²) in [6.07, 6.45) is 0. The monoisotopic (exact) mass is 695 g/mol. The summed E-state index contributed by atoms with van der Waals surface area (Å²) in [4.78, 5) is 5.30. The summed E-state index contributed by atoms with van der Waals surface area (Å²) in [6, 6.07) is 61.9. The molecule has 3 nitrogen and oxygen atoms in total. The SMILES string of the molecule is c1ccc(-c2nc3c(-c4ccc(-c5cccc6c5oc5ccccc56)cc4)ccc(-c4ccc(-c5cccc6c5oc5ccccc56)cc4)c3s2)cc1. The number of hydrogen-bond acceptors (Lipinski definition) is 4. The molecule has 0 spiro atoms. The number of furan rings is 2. The zero-order valence-electron chi connectivity index (χ0n) is 28.4. The summed E-state index contributed by atoms with van der Waals surface area (Å²) < 4.78 is 13.9. The van der Waals surface area contributed by atoms with Crippen LogP contribution >= 0.6 is 11.3 Å². The average Bonchev–Trinajstić information content (AvgIpc) is 3.95. The van der Waals surface area contributed by atoms with Crippen LogP contribution in [0.4, 0.5) is 0 Å². The van der Waals surface area contributed by atoms with Crippen LogP contribution in [-0.4, -0.2) is 4.98 Å². The van der Waals surface area contributed by atoms with E-state index in [2.05, 4.69) is 152 Å². The van der Waals surface area contributed by atoms with Gasteiger partial charge in [0.05, 0.1) is 10.2 Å². The Morgan fingerprint density at radius 1 is 0.340 bits per heavy atom. The number of fused-ring (bicyclic) bond motifs is 7. The number of para-hydroxylation sites is 4. The second kappa shape index (κ2) is 11.9. The summed E-state index contributed by atoms with van der Waals surface area (Å²) in [7, 11) is 0. The Hall–Kier alpha value is -6.75. The largest absolute Gasteiger partial charge is 0.455 e. The van der Waals surface area contributed by atoms with Crippen molar-refractivity contribution in [3.63, 3.8) is 0 Å². The van der Waals surface area contributed by atoms with Crippen LogP contribution in [0.3, 0.4) is 0 Å². The molecular weight excluding hydrogens is 667 g/mol. The molecule has 0 aliphatic rings. The van der Waals surface area contributed by atoms with Gasteiger partial charge in [-0.25, -0.2) is 4.98 Å². The Labute approximate surface area is 309 Å². The van der Waals surface area contributed by atoms with Crippen LogP contribution in [0.15, 0.2) is 185 Å². The van der Waals surface area contributed by atoms with Crippen molar-refractivity contribution >= 4 is 65.4 Å². The lowest BCUT2D eigenvalue weighted by atomic mass is 9.95. The molecule has 0 saturated heterocycles. The lowest BCUT2D eigenvalue weighted by Gasteiger charge is -2.10. The molecule has 0 aliphatic heterocycles. The molecule has 11 aromatic rings. The van der Waals surface area contributed by atoms with Crippen molar-refractivity contribution in [2.45, 2.75) is 0 Å². The summed E-state index contributed by atoms with van der Waals surface area (Å²) in [5.74, 6) is 0. The van der Waals surface area contributed by atoms with Crippen molar-refractivity contribution in [2.24, 2.45) is 0 Å². The smallest absolute Gasteiger partial charge is 0.143 e. The fourth-order valence-corrected chi connectivity index (χ4v) is 8.91. The number of hydrogen-bond donors (Lipinski definition) is 0. The van der Waals surface area contributed by atoms with Gasteiger partial charge >= 0.3 is 0 Å². The van der Waals surface area contributed by atoms with Gasteiger partial charge in [-0.3, -0.25) is 0 Å². The number of benzene rings is 8. The molecule has 3 heterocycles. The van der Waals surface area contributed by atoms with E-state index in [4.69, 9.17) is 13.8 Å². The minimum absolute atomic E-state index is 0.907. The molecule has 0 N–H and O–H groups in total. The van der Waals surface area contributed by atoms with E-state index in [-0.39, 0.29) is 0 Å². The minimum atomic E-state index is 0.907. The van der Waals surface area contributed by atoms with Crippen molar-refractivity contribution in [3.05, 3.63) is 176 Å². The van der Waals surface area contributed by atoms with Gasteiger partial charge in [0.15, 0.2) is 0 Å². The van der Waals surface area contributed by atoms with Crippen molar-refractivity contribution in [1.29, 1.82) is 0 Å². The maximum Gasteiger partial charge on any atom is 0.143 e. The molecule has 8 aromatic carbocycles. The van der Waals surface area contributed by atoms with Gasteiger partial charge in [0.25, 0.3) is 0 Å². The number of thiazole rings is 1. The van der Waals surface area contributed by atoms with Gasteiger partial charge in [-0.1, -0.05) is 164 Å². The number of nitrogens with zero attached hydrogens (tertiary/aromatic N) is 1. The molecule has 0 saturated carbocycles. The quantitative estimate of drug-likeness (QED) is 0.180. The molecule has 0 bridgehead atoms. The van der Waals surface area contributed by atoms with Crippen LogP contribution in [0.2, 0.25) is 0 Å². The van der Waals surface area contributed by atoms with Crippen molar-refractivity contribution in [2.75, 3.05) is 0 Å². The van der Waals surface area contributed by atoms with Crippen LogP contribution in [0.25, 0.3) is 109 Å². The van der Waals surface area contributed by atoms with Crippen molar-refractivity contribution in [3.8, 4) is 55.1 Å². The first-order chi connectivity index (χ1) is 26.3.